The molecule has 2 aromatic rings. The molecule has 0 aromatic heterocycles. The molecule has 0 heterocycles. The van der Waals surface area contributed by atoms with Crippen LogP contribution in [0.1, 0.15) is 12.5 Å². The van der Waals surface area contributed by atoms with E-state index in [-0.39, 0.29) is 10.8 Å². The molecule has 0 aliphatic heterocycles. The van der Waals surface area contributed by atoms with Crippen LogP contribution in [0.25, 0.3) is 6.08 Å². The monoisotopic (exact) mass is 371 g/mol. The first-order valence-electron chi connectivity index (χ1n) is 7.75. The smallest absolute Gasteiger partial charge is 0.270 e. The predicted molar refractivity (Wildman–Crippen MR) is 104 cm³/mol. The number of hydrogen-bond acceptors (Lipinski definition) is 5. The number of thiocarbonyl (C=S) groups is 1. The highest BCUT2D eigenvalue weighted by Crippen LogP contribution is 2.17. The lowest BCUT2D eigenvalue weighted by Gasteiger charge is -2.10. The highest BCUT2D eigenvalue weighted by molar-refractivity contribution is 7.80. The zero-order valence-corrected chi connectivity index (χ0v) is 14.8. The molecule has 2 rings (SSSR count). The number of nitrogens with one attached hydrogen (secondary N) is 2. The van der Waals surface area contributed by atoms with Gasteiger partial charge in [0.25, 0.3) is 5.69 Å². The second-order valence-corrected chi connectivity index (χ2v) is 5.50. The van der Waals surface area contributed by atoms with Crippen LogP contribution in [0, 0.1) is 10.1 Å². The summed E-state index contributed by atoms with van der Waals surface area (Å²) in [6.07, 6.45) is 2.73. The van der Waals surface area contributed by atoms with E-state index in [9.17, 15) is 14.9 Å². The fraction of sp³-hybridized carbons (Fsp3) is 0.111. The van der Waals surface area contributed by atoms with E-state index in [4.69, 9.17) is 17.0 Å². The molecule has 0 radical (unpaired) electrons. The topological polar surface area (TPSA) is 93.5 Å². The van der Waals surface area contributed by atoms with Gasteiger partial charge in [0.1, 0.15) is 5.75 Å². The zero-order valence-electron chi connectivity index (χ0n) is 14.0. The summed E-state index contributed by atoms with van der Waals surface area (Å²) in [4.78, 5) is 22.2. The van der Waals surface area contributed by atoms with Crippen LogP contribution in [0.2, 0.25) is 0 Å². The van der Waals surface area contributed by atoms with Crippen molar-refractivity contribution in [2.24, 2.45) is 0 Å². The first-order valence-corrected chi connectivity index (χ1v) is 8.16. The Hall–Kier alpha value is -3.26. The van der Waals surface area contributed by atoms with Crippen molar-refractivity contribution < 1.29 is 14.5 Å². The maximum absolute atomic E-state index is 11.9. The van der Waals surface area contributed by atoms with Crippen LogP contribution in [-0.2, 0) is 4.79 Å². The average molecular weight is 371 g/mol. The molecule has 26 heavy (non-hydrogen) atoms. The van der Waals surface area contributed by atoms with Gasteiger partial charge in [-0.3, -0.25) is 20.2 Å². The molecule has 0 aliphatic carbocycles. The lowest BCUT2D eigenvalue weighted by Crippen LogP contribution is -2.32. The Morgan fingerprint density at radius 2 is 2.04 bits per heavy atom. The van der Waals surface area contributed by atoms with Gasteiger partial charge < -0.3 is 10.1 Å². The molecule has 0 aliphatic rings. The second kappa shape index (κ2) is 9.28. The Morgan fingerprint density at radius 1 is 1.27 bits per heavy atom. The van der Waals surface area contributed by atoms with Gasteiger partial charge in [-0.2, -0.15) is 0 Å². The molecule has 0 bridgehead atoms. The molecule has 0 saturated carbocycles. The Balaban J connectivity index is 1.92. The Morgan fingerprint density at radius 3 is 2.77 bits per heavy atom. The van der Waals surface area contributed by atoms with Crippen LogP contribution >= 0.6 is 12.2 Å². The van der Waals surface area contributed by atoms with Crippen molar-refractivity contribution in [1.82, 2.24) is 5.32 Å². The molecule has 2 aromatic carbocycles. The van der Waals surface area contributed by atoms with E-state index in [2.05, 4.69) is 10.6 Å². The predicted octanol–water partition coefficient (Wildman–Crippen LogP) is 3.52. The SMILES string of the molecule is CCOc1cccc(NC(=S)NC(=O)/C=C/c2cccc([N+](=O)[O-])c2)c1. The largest absolute Gasteiger partial charge is 0.494 e. The van der Waals surface area contributed by atoms with E-state index < -0.39 is 10.8 Å². The first kappa shape index (κ1) is 19.1. The number of carbonyl (C=O) groups is 1. The minimum Gasteiger partial charge on any atom is -0.494 e. The number of nitro groups is 1. The van der Waals surface area contributed by atoms with Crippen molar-refractivity contribution in [3.8, 4) is 5.75 Å². The maximum atomic E-state index is 11.9. The summed E-state index contributed by atoms with van der Waals surface area (Å²) in [5.74, 6) is 0.243. The van der Waals surface area contributed by atoms with Crippen LogP contribution in [0.3, 0.4) is 0 Å². The molecule has 0 spiro atoms. The second-order valence-electron chi connectivity index (χ2n) is 5.09. The molecule has 2 N–H and O–H groups in total. The maximum Gasteiger partial charge on any atom is 0.270 e. The Labute approximate surface area is 155 Å². The van der Waals surface area contributed by atoms with Crippen LogP contribution in [0.5, 0.6) is 5.75 Å². The molecule has 0 saturated heterocycles. The molecule has 0 atom stereocenters. The first-order chi connectivity index (χ1) is 12.5. The molecule has 0 unspecified atom stereocenters. The van der Waals surface area contributed by atoms with Crippen LogP contribution in [-0.4, -0.2) is 22.5 Å². The fourth-order valence-electron chi connectivity index (χ4n) is 2.06. The molecule has 134 valence electrons. The third kappa shape index (κ3) is 5.99. The number of carbonyl (C=O) groups excluding carboxylic acids is 1. The third-order valence-electron chi connectivity index (χ3n) is 3.15. The minimum absolute atomic E-state index is 0.0427. The van der Waals surface area contributed by atoms with Crippen LogP contribution < -0.4 is 15.4 Å². The van der Waals surface area contributed by atoms with E-state index >= 15 is 0 Å². The van der Waals surface area contributed by atoms with Crippen molar-refractivity contribution in [3.05, 3.63) is 70.3 Å². The number of rotatable bonds is 6. The van der Waals surface area contributed by atoms with Crippen molar-refractivity contribution in [1.29, 1.82) is 0 Å². The highest BCUT2D eigenvalue weighted by Gasteiger charge is 2.05. The van der Waals surface area contributed by atoms with Crippen molar-refractivity contribution in [3.63, 3.8) is 0 Å². The highest BCUT2D eigenvalue weighted by atomic mass is 32.1. The Kier molecular flexibility index (Phi) is 6.81. The van der Waals surface area contributed by atoms with Gasteiger partial charge in [-0.25, -0.2) is 0 Å². The number of benzene rings is 2. The number of ether oxygens (including phenoxy) is 1. The quantitative estimate of drug-likeness (QED) is 0.349. The van der Waals surface area contributed by atoms with E-state index in [1.165, 1.54) is 24.3 Å². The number of amides is 1. The number of nitrogens with zero attached hydrogens (tertiary/aromatic N) is 1. The van der Waals surface area contributed by atoms with Gasteiger partial charge in [-0.1, -0.05) is 18.2 Å². The summed E-state index contributed by atoms with van der Waals surface area (Å²) in [5, 5.41) is 16.3. The summed E-state index contributed by atoms with van der Waals surface area (Å²) >= 11 is 5.10. The molecule has 7 nitrogen and oxygen atoms in total. The average Bonchev–Trinajstić information content (AvgIpc) is 2.60. The summed E-state index contributed by atoms with van der Waals surface area (Å²) < 4.78 is 5.39. The summed E-state index contributed by atoms with van der Waals surface area (Å²) in [6, 6.07) is 13.1. The van der Waals surface area contributed by atoms with E-state index in [1.807, 2.05) is 13.0 Å². The van der Waals surface area contributed by atoms with Crippen molar-refractivity contribution in [2.45, 2.75) is 6.92 Å². The Bertz CT molecular complexity index is 852. The summed E-state index contributed by atoms with van der Waals surface area (Å²) in [6.45, 7) is 2.44. The van der Waals surface area contributed by atoms with Gasteiger partial charge in [0.2, 0.25) is 5.91 Å². The van der Waals surface area contributed by atoms with Crippen molar-refractivity contribution >= 4 is 40.7 Å². The summed E-state index contributed by atoms with van der Waals surface area (Å²) in [7, 11) is 0. The van der Waals surface area contributed by atoms with Gasteiger partial charge in [-0.05, 0) is 42.9 Å². The van der Waals surface area contributed by atoms with Gasteiger partial charge in [0, 0.05) is 30.0 Å². The lowest BCUT2D eigenvalue weighted by atomic mass is 10.2. The summed E-state index contributed by atoms with van der Waals surface area (Å²) in [5.41, 5.74) is 1.18. The van der Waals surface area contributed by atoms with Gasteiger partial charge >= 0.3 is 0 Å². The minimum atomic E-state index is -0.493. The number of nitro benzene ring substituents is 1. The molecular weight excluding hydrogens is 354 g/mol. The number of anilines is 1. The third-order valence-corrected chi connectivity index (χ3v) is 3.35. The fourth-order valence-corrected chi connectivity index (χ4v) is 2.28. The molecule has 8 heteroatoms. The lowest BCUT2D eigenvalue weighted by molar-refractivity contribution is -0.384. The standard InChI is InChI=1S/C18H17N3O4S/c1-2-25-16-8-4-6-14(12-16)19-18(26)20-17(22)10-9-13-5-3-7-15(11-13)21(23)24/h3-12H,2H2,1H3,(H2,19,20,22,26)/b10-9+. The van der Waals surface area contributed by atoms with E-state index in [1.54, 1.807) is 30.3 Å². The van der Waals surface area contributed by atoms with Gasteiger partial charge in [-0.15, -0.1) is 0 Å². The van der Waals surface area contributed by atoms with E-state index in [0.29, 0.717) is 23.6 Å². The van der Waals surface area contributed by atoms with Gasteiger partial charge in [0.05, 0.1) is 11.5 Å². The van der Waals surface area contributed by atoms with E-state index in [0.717, 1.165) is 0 Å². The van der Waals surface area contributed by atoms with Crippen LogP contribution in [0.15, 0.2) is 54.6 Å². The number of non-ortho nitro benzene ring substituents is 1. The van der Waals surface area contributed by atoms with Crippen molar-refractivity contribution in [2.75, 3.05) is 11.9 Å². The molecule has 0 fully saturated rings. The molecular formula is C18H17N3O4S. The zero-order chi connectivity index (χ0) is 18.9. The van der Waals surface area contributed by atoms with Gasteiger partial charge in [0.15, 0.2) is 5.11 Å². The number of hydrogen-bond donors (Lipinski definition) is 2. The van der Waals surface area contributed by atoms with Crippen LogP contribution in [0.4, 0.5) is 11.4 Å². The molecule has 1 amide bonds. The normalized spacial score (nSPS) is 10.3.